The highest BCUT2D eigenvalue weighted by Crippen LogP contribution is 2.04. The van der Waals surface area contributed by atoms with Gasteiger partial charge in [0.05, 0.1) is 12.1 Å². The summed E-state index contributed by atoms with van der Waals surface area (Å²) in [6.45, 7) is 1.25. The van der Waals surface area contributed by atoms with E-state index in [1.807, 2.05) is 0 Å². The number of aliphatic hydroxyl groups excluding tert-OH is 1. The van der Waals surface area contributed by atoms with Gasteiger partial charge in [-0.3, -0.25) is 14.4 Å². The van der Waals surface area contributed by atoms with Crippen LogP contribution in [0.3, 0.4) is 0 Å². The number of hydrogen-bond acceptors (Lipinski definition) is 7. The second-order valence-electron chi connectivity index (χ2n) is 5.45. The Kier molecular flexibility index (Phi) is 10.8. The first-order valence-electron chi connectivity index (χ1n) is 7.58. The number of aliphatic hydroxyl groups is 1. The van der Waals surface area contributed by atoms with E-state index in [4.69, 9.17) is 15.9 Å². The van der Waals surface area contributed by atoms with Crippen LogP contribution in [-0.4, -0.2) is 75.3 Å². The molecule has 0 heterocycles. The predicted octanol–water partition coefficient (Wildman–Crippen LogP) is -1.63. The monoisotopic (exact) mass is 379 g/mol. The van der Waals surface area contributed by atoms with Crippen LogP contribution >= 0.6 is 11.8 Å². The second-order valence-corrected chi connectivity index (χ2v) is 6.43. The van der Waals surface area contributed by atoms with E-state index in [0.29, 0.717) is 5.75 Å². The average molecular weight is 379 g/mol. The number of thioether (sulfide) groups is 1. The fraction of sp³-hybridized carbons (Fsp3) is 0.714. The highest BCUT2D eigenvalue weighted by molar-refractivity contribution is 7.98. The molecule has 0 aliphatic heterocycles. The van der Waals surface area contributed by atoms with Crippen LogP contribution in [0.25, 0.3) is 0 Å². The number of carboxylic acid groups (broad SMARTS) is 2. The van der Waals surface area contributed by atoms with Crippen molar-refractivity contribution in [2.75, 3.05) is 12.0 Å². The summed E-state index contributed by atoms with van der Waals surface area (Å²) in [4.78, 5) is 45.8. The molecule has 0 aromatic carbocycles. The Bertz CT molecular complexity index is 487. The maximum atomic E-state index is 12.2. The summed E-state index contributed by atoms with van der Waals surface area (Å²) < 4.78 is 0. The van der Waals surface area contributed by atoms with Gasteiger partial charge in [-0.15, -0.1) is 0 Å². The Hall–Kier alpha value is -1.85. The van der Waals surface area contributed by atoms with E-state index in [2.05, 4.69) is 10.6 Å². The quantitative estimate of drug-likeness (QED) is 0.232. The standard InChI is InChI=1S/C14H25N3O7S/c1-7(18)11(17-12(21)8(15)3-4-10(19)20)13(22)16-9(14(23)24)5-6-25-2/h7-9,11,18H,3-6,15H2,1-2H3,(H,16,22)(H,17,21)(H,19,20)(H,23,24)/t7-,8+,9+,11+/m1/s1. The number of aliphatic carboxylic acids is 2. The van der Waals surface area contributed by atoms with E-state index in [1.54, 1.807) is 6.26 Å². The maximum Gasteiger partial charge on any atom is 0.326 e. The van der Waals surface area contributed by atoms with Gasteiger partial charge < -0.3 is 31.7 Å². The summed E-state index contributed by atoms with van der Waals surface area (Å²) in [6, 6.07) is -3.73. The highest BCUT2D eigenvalue weighted by atomic mass is 32.2. The molecular weight excluding hydrogens is 354 g/mol. The van der Waals surface area contributed by atoms with Gasteiger partial charge in [0.15, 0.2) is 0 Å². The van der Waals surface area contributed by atoms with Gasteiger partial charge in [0, 0.05) is 6.42 Å². The number of nitrogens with two attached hydrogens (primary N) is 1. The van der Waals surface area contributed by atoms with Gasteiger partial charge in [-0.25, -0.2) is 4.79 Å². The average Bonchev–Trinajstić information content (AvgIpc) is 2.52. The summed E-state index contributed by atoms with van der Waals surface area (Å²) in [5.41, 5.74) is 5.54. The van der Waals surface area contributed by atoms with Crippen LogP contribution in [0.4, 0.5) is 0 Å². The molecule has 144 valence electrons. The molecule has 0 bridgehead atoms. The lowest BCUT2D eigenvalue weighted by Gasteiger charge is -2.24. The number of nitrogens with one attached hydrogen (secondary N) is 2. The zero-order chi connectivity index (χ0) is 19.6. The highest BCUT2D eigenvalue weighted by Gasteiger charge is 2.30. The van der Waals surface area contributed by atoms with Crippen molar-refractivity contribution in [3.05, 3.63) is 0 Å². The number of carbonyl (C=O) groups is 4. The topological polar surface area (TPSA) is 179 Å². The van der Waals surface area contributed by atoms with Crippen molar-refractivity contribution < 1.29 is 34.5 Å². The van der Waals surface area contributed by atoms with Gasteiger partial charge in [0.25, 0.3) is 0 Å². The molecule has 0 aliphatic carbocycles. The number of amides is 2. The fourth-order valence-electron chi connectivity index (χ4n) is 1.83. The zero-order valence-corrected chi connectivity index (χ0v) is 14.9. The molecule has 0 fully saturated rings. The number of hydrogen-bond donors (Lipinski definition) is 6. The fourth-order valence-corrected chi connectivity index (χ4v) is 2.30. The third kappa shape index (κ3) is 9.27. The second kappa shape index (κ2) is 11.7. The minimum absolute atomic E-state index is 0.138. The van der Waals surface area contributed by atoms with Crippen LogP contribution in [0.2, 0.25) is 0 Å². The Labute approximate surface area is 149 Å². The zero-order valence-electron chi connectivity index (χ0n) is 14.1. The van der Waals surface area contributed by atoms with E-state index in [9.17, 15) is 24.3 Å². The lowest BCUT2D eigenvalue weighted by molar-refractivity contribution is -0.143. The minimum atomic E-state index is -1.40. The molecule has 25 heavy (non-hydrogen) atoms. The van der Waals surface area contributed by atoms with Crippen molar-refractivity contribution in [2.45, 2.75) is 50.4 Å². The van der Waals surface area contributed by atoms with Crippen molar-refractivity contribution in [1.29, 1.82) is 0 Å². The van der Waals surface area contributed by atoms with E-state index in [-0.39, 0.29) is 19.3 Å². The van der Waals surface area contributed by atoms with Crippen LogP contribution in [0.1, 0.15) is 26.2 Å². The molecule has 0 saturated heterocycles. The van der Waals surface area contributed by atoms with Crippen LogP contribution in [0, 0.1) is 0 Å². The molecule has 0 aromatic rings. The maximum absolute atomic E-state index is 12.2. The third-order valence-electron chi connectivity index (χ3n) is 3.29. The van der Waals surface area contributed by atoms with Crippen molar-refractivity contribution in [3.63, 3.8) is 0 Å². The Morgan fingerprint density at radius 3 is 2.12 bits per heavy atom. The summed E-state index contributed by atoms with van der Waals surface area (Å²) in [5, 5.41) is 31.9. The molecule has 2 amide bonds. The van der Waals surface area contributed by atoms with Gasteiger partial charge in [0.1, 0.15) is 12.1 Å². The Morgan fingerprint density at radius 2 is 1.68 bits per heavy atom. The van der Waals surface area contributed by atoms with Crippen molar-refractivity contribution in [1.82, 2.24) is 10.6 Å². The summed E-state index contributed by atoms with van der Waals surface area (Å²) >= 11 is 1.41. The van der Waals surface area contributed by atoms with E-state index >= 15 is 0 Å². The van der Waals surface area contributed by atoms with Gasteiger partial charge in [0.2, 0.25) is 11.8 Å². The molecule has 11 heteroatoms. The van der Waals surface area contributed by atoms with Crippen LogP contribution < -0.4 is 16.4 Å². The first kappa shape index (κ1) is 23.1. The van der Waals surface area contributed by atoms with E-state index in [1.165, 1.54) is 18.7 Å². The van der Waals surface area contributed by atoms with Crippen molar-refractivity contribution >= 4 is 35.5 Å². The largest absolute Gasteiger partial charge is 0.481 e. The molecule has 4 atom stereocenters. The number of carbonyl (C=O) groups excluding carboxylic acids is 2. The van der Waals surface area contributed by atoms with Crippen LogP contribution in [0.5, 0.6) is 0 Å². The molecule has 0 spiro atoms. The number of carboxylic acids is 2. The first-order chi connectivity index (χ1) is 11.6. The lowest BCUT2D eigenvalue weighted by Crippen LogP contribution is -2.58. The summed E-state index contributed by atoms with van der Waals surface area (Å²) in [6.07, 6.45) is 0.209. The Balaban J connectivity index is 4.85. The van der Waals surface area contributed by atoms with Gasteiger partial charge in [-0.2, -0.15) is 11.8 Å². The van der Waals surface area contributed by atoms with Gasteiger partial charge in [-0.05, 0) is 31.8 Å². The SMILES string of the molecule is CSCC[C@H](NC(=O)[C@@H](NC(=O)[C@@H](N)CCC(=O)O)[C@@H](C)O)C(=O)O. The van der Waals surface area contributed by atoms with Gasteiger partial charge in [-0.1, -0.05) is 0 Å². The molecule has 0 saturated carbocycles. The molecule has 0 rings (SSSR count). The summed E-state index contributed by atoms with van der Waals surface area (Å²) in [7, 11) is 0. The normalized spacial score (nSPS) is 15.5. The predicted molar refractivity (Wildman–Crippen MR) is 91.0 cm³/mol. The Morgan fingerprint density at radius 1 is 1.08 bits per heavy atom. The minimum Gasteiger partial charge on any atom is -0.481 e. The van der Waals surface area contributed by atoms with Crippen LogP contribution in [0.15, 0.2) is 0 Å². The van der Waals surface area contributed by atoms with E-state index < -0.39 is 48.0 Å². The molecule has 10 nitrogen and oxygen atoms in total. The number of rotatable bonds is 12. The lowest BCUT2D eigenvalue weighted by atomic mass is 10.1. The van der Waals surface area contributed by atoms with Gasteiger partial charge >= 0.3 is 11.9 Å². The smallest absolute Gasteiger partial charge is 0.326 e. The molecule has 0 radical (unpaired) electrons. The summed E-state index contributed by atoms with van der Waals surface area (Å²) in [5.74, 6) is -3.51. The van der Waals surface area contributed by atoms with E-state index in [0.717, 1.165) is 0 Å². The van der Waals surface area contributed by atoms with Crippen molar-refractivity contribution in [3.8, 4) is 0 Å². The molecule has 0 unspecified atom stereocenters. The molecule has 0 aliphatic rings. The molecular formula is C14H25N3O7S. The van der Waals surface area contributed by atoms with Crippen LogP contribution in [-0.2, 0) is 19.2 Å². The van der Waals surface area contributed by atoms with Crippen molar-refractivity contribution in [2.24, 2.45) is 5.73 Å². The molecule has 0 aromatic heterocycles. The first-order valence-corrected chi connectivity index (χ1v) is 8.97. The third-order valence-corrected chi connectivity index (χ3v) is 3.94. The molecule has 7 N–H and O–H groups in total.